The van der Waals surface area contributed by atoms with E-state index >= 15 is 0 Å². The van der Waals surface area contributed by atoms with Crippen LogP contribution in [0, 0.1) is 0 Å². The van der Waals surface area contributed by atoms with Crippen molar-refractivity contribution in [3.63, 3.8) is 0 Å². The maximum atomic E-state index is 12.1. The smallest absolute Gasteiger partial charge is 0.406 e. The number of thiazole rings is 1. The van der Waals surface area contributed by atoms with Crippen molar-refractivity contribution in [2.75, 3.05) is 18.9 Å². The molecular weight excluding hydrogens is 379 g/mol. The Morgan fingerprint density at radius 1 is 1.19 bits per heavy atom. The third-order valence-electron chi connectivity index (χ3n) is 3.63. The van der Waals surface area contributed by atoms with Crippen molar-refractivity contribution in [1.29, 1.82) is 0 Å². The summed E-state index contributed by atoms with van der Waals surface area (Å²) in [5.41, 5.74) is 1.35. The van der Waals surface area contributed by atoms with Gasteiger partial charge in [-0.05, 0) is 36.4 Å². The molecule has 1 unspecified atom stereocenters. The minimum Gasteiger partial charge on any atom is -0.406 e. The van der Waals surface area contributed by atoms with Crippen LogP contribution in [0.25, 0.3) is 10.2 Å². The lowest BCUT2D eigenvalue weighted by molar-refractivity contribution is -0.885. The molecule has 9 heteroatoms. The van der Waals surface area contributed by atoms with E-state index in [4.69, 9.17) is 0 Å². The van der Waals surface area contributed by atoms with Gasteiger partial charge in [0, 0.05) is 5.69 Å². The van der Waals surface area contributed by atoms with Crippen LogP contribution < -0.4 is 15.0 Å². The van der Waals surface area contributed by atoms with Crippen LogP contribution in [-0.2, 0) is 11.3 Å². The number of aromatic nitrogens is 1. The van der Waals surface area contributed by atoms with Crippen LogP contribution in [0.3, 0.4) is 0 Å². The van der Waals surface area contributed by atoms with E-state index in [9.17, 15) is 18.0 Å². The molecule has 0 radical (unpaired) electrons. The van der Waals surface area contributed by atoms with E-state index in [1.165, 1.54) is 12.1 Å². The SMILES string of the molecule is C[NH+](CC(=O)Nc1ccc(OC(F)(F)F)cc1)Cc1nc2ccccc2s1. The Balaban J connectivity index is 1.52. The van der Waals surface area contributed by atoms with Crippen LogP contribution in [0.2, 0.25) is 0 Å². The molecular formula is C18H17F3N3O2S+. The molecule has 27 heavy (non-hydrogen) atoms. The number of hydrogen-bond donors (Lipinski definition) is 2. The van der Waals surface area contributed by atoms with Crippen molar-refractivity contribution in [2.45, 2.75) is 12.9 Å². The molecule has 3 rings (SSSR count). The molecule has 1 aromatic heterocycles. The van der Waals surface area contributed by atoms with Gasteiger partial charge in [-0.2, -0.15) is 0 Å². The molecule has 1 amide bonds. The molecule has 0 saturated heterocycles. The summed E-state index contributed by atoms with van der Waals surface area (Å²) in [4.78, 5) is 17.6. The third kappa shape index (κ3) is 5.66. The van der Waals surface area contributed by atoms with Gasteiger partial charge in [0.05, 0.1) is 17.3 Å². The highest BCUT2D eigenvalue weighted by atomic mass is 32.1. The first kappa shape index (κ1) is 19.1. The van der Waals surface area contributed by atoms with Crippen molar-refractivity contribution in [3.8, 4) is 5.75 Å². The quantitative estimate of drug-likeness (QED) is 0.674. The topological polar surface area (TPSA) is 55.7 Å². The number of ether oxygens (including phenoxy) is 1. The molecule has 1 atom stereocenters. The van der Waals surface area contributed by atoms with Crippen molar-refractivity contribution < 1.29 is 27.6 Å². The summed E-state index contributed by atoms with van der Waals surface area (Å²) in [5.74, 6) is -0.572. The fourth-order valence-electron chi connectivity index (χ4n) is 2.54. The zero-order valence-corrected chi connectivity index (χ0v) is 15.2. The summed E-state index contributed by atoms with van der Waals surface area (Å²) in [7, 11) is 1.88. The second kappa shape index (κ2) is 7.93. The predicted octanol–water partition coefficient (Wildman–Crippen LogP) is 2.85. The first-order valence-corrected chi connectivity index (χ1v) is 8.91. The number of amides is 1. The maximum absolute atomic E-state index is 12.1. The Morgan fingerprint density at radius 2 is 1.89 bits per heavy atom. The molecule has 1 heterocycles. The second-order valence-corrected chi connectivity index (χ2v) is 7.12. The molecule has 0 aliphatic carbocycles. The maximum Gasteiger partial charge on any atom is 0.573 e. The number of nitrogens with one attached hydrogen (secondary N) is 2. The minimum absolute atomic E-state index is 0.205. The number of benzene rings is 2. The van der Waals surface area contributed by atoms with E-state index in [2.05, 4.69) is 15.0 Å². The molecule has 2 N–H and O–H groups in total. The number of quaternary nitrogens is 1. The van der Waals surface area contributed by atoms with E-state index in [1.807, 2.05) is 31.3 Å². The number of nitrogens with zero attached hydrogens (tertiary/aromatic N) is 1. The summed E-state index contributed by atoms with van der Waals surface area (Å²) in [5, 5.41) is 3.60. The van der Waals surface area contributed by atoms with E-state index < -0.39 is 6.36 Å². The number of carbonyl (C=O) groups excluding carboxylic acids is 1. The number of fused-ring (bicyclic) bond motifs is 1. The van der Waals surface area contributed by atoms with Crippen LogP contribution in [0.5, 0.6) is 5.75 Å². The summed E-state index contributed by atoms with van der Waals surface area (Å²) < 4.78 is 41.3. The molecule has 0 fully saturated rings. The lowest BCUT2D eigenvalue weighted by Gasteiger charge is -2.13. The first-order valence-electron chi connectivity index (χ1n) is 8.10. The Morgan fingerprint density at radius 3 is 2.56 bits per heavy atom. The monoisotopic (exact) mass is 396 g/mol. The van der Waals surface area contributed by atoms with E-state index in [0.29, 0.717) is 12.2 Å². The highest BCUT2D eigenvalue weighted by Crippen LogP contribution is 2.24. The van der Waals surface area contributed by atoms with Gasteiger partial charge in [-0.15, -0.1) is 24.5 Å². The van der Waals surface area contributed by atoms with Crippen LogP contribution >= 0.6 is 11.3 Å². The van der Waals surface area contributed by atoms with Crippen molar-refractivity contribution in [2.24, 2.45) is 0 Å². The number of para-hydroxylation sites is 1. The van der Waals surface area contributed by atoms with E-state index in [1.54, 1.807) is 11.3 Å². The van der Waals surface area contributed by atoms with Gasteiger partial charge >= 0.3 is 6.36 Å². The first-order chi connectivity index (χ1) is 12.8. The molecule has 0 aliphatic rings. The molecule has 0 saturated carbocycles. The highest BCUT2D eigenvalue weighted by molar-refractivity contribution is 7.18. The van der Waals surface area contributed by atoms with Crippen molar-refractivity contribution >= 4 is 33.1 Å². The molecule has 0 bridgehead atoms. The lowest BCUT2D eigenvalue weighted by atomic mass is 10.3. The molecule has 0 spiro atoms. The number of rotatable bonds is 6. The van der Waals surface area contributed by atoms with Gasteiger partial charge in [-0.25, -0.2) is 4.98 Å². The Bertz CT molecular complexity index is 892. The van der Waals surface area contributed by atoms with Gasteiger partial charge in [0.2, 0.25) is 0 Å². The van der Waals surface area contributed by atoms with Gasteiger partial charge in [0.25, 0.3) is 5.91 Å². The molecule has 2 aromatic carbocycles. The standard InChI is InChI=1S/C18H16F3N3O2S/c1-24(11-17-23-14-4-2-3-5-15(14)27-17)10-16(25)22-12-6-8-13(9-7-12)26-18(19,20)21/h2-9H,10-11H2,1H3,(H,22,25)/p+1. The minimum atomic E-state index is -4.74. The lowest BCUT2D eigenvalue weighted by Crippen LogP contribution is -3.08. The average molecular weight is 396 g/mol. The number of anilines is 1. The predicted molar refractivity (Wildman–Crippen MR) is 96.8 cm³/mol. The third-order valence-corrected chi connectivity index (χ3v) is 4.66. The summed E-state index contributed by atoms with van der Waals surface area (Å²) in [6.45, 7) is 0.807. The highest BCUT2D eigenvalue weighted by Gasteiger charge is 2.31. The second-order valence-electron chi connectivity index (χ2n) is 6.01. The van der Waals surface area contributed by atoms with E-state index in [-0.39, 0.29) is 18.2 Å². The van der Waals surface area contributed by atoms with Gasteiger partial charge in [-0.3, -0.25) is 4.79 Å². The van der Waals surface area contributed by atoms with Gasteiger partial charge < -0.3 is 15.0 Å². The number of alkyl halides is 3. The number of hydrogen-bond acceptors (Lipinski definition) is 4. The zero-order valence-electron chi connectivity index (χ0n) is 14.3. The summed E-state index contributed by atoms with van der Waals surface area (Å²) in [6, 6.07) is 12.9. The Labute approximate surface area is 157 Å². The molecule has 3 aromatic rings. The van der Waals surface area contributed by atoms with Gasteiger partial charge in [0.15, 0.2) is 6.54 Å². The number of halogens is 3. The van der Waals surface area contributed by atoms with Crippen molar-refractivity contribution in [3.05, 3.63) is 53.5 Å². The van der Waals surface area contributed by atoms with Crippen LogP contribution in [-0.4, -0.2) is 30.8 Å². The Hall–Kier alpha value is -2.65. The van der Waals surface area contributed by atoms with Crippen LogP contribution in [0.4, 0.5) is 18.9 Å². The van der Waals surface area contributed by atoms with Gasteiger partial charge in [-0.1, -0.05) is 12.1 Å². The molecule has 0 aliphatic heterocycles. The molecule has 142 valence electrons. The molecule has 5 nitrogen and oxygen atoms in total. The average Bonchev–Trinajstić information content (AvgIpc) is 2.97. The fourth-order valence-corrected chi connectivity index (χ4v) is 3.62. The van der Waals surface area contributed by atoms with Gasteiger partial charge in [0.1, 0.15) is 17.3 Å². The summed E-state index contributed by atoms with van der Waals surface area (Å²) >= 11 is 1.59. The van der Waals surface area contributed by atoms with Crippen LogP contribution in [0.15, 0.2) is 48.5 Å². The van der Waals surface area contributed by atoms with Crippen molar-refractivity contribution in [1.82, 2.24) is 4.98 Å². The number of likely N-dealkylation sites (N-methyl/N-ethyl adjacent to an activating group) is 1. The van der Waals surface area contributed by atoms with Crippen LogP contribution in [0.1, 0.15) is 5.01 Å². The largest absolute Gasteiger partial charge is 0.573 e. The summed E-state index contributed by atoms with van der Waals surface area (Å²) in [6.07, 6.45) is -4.74. The zero-order chi connectivity index (χ0) is 19.4. The van der Waals surface area contributed by atoms with E-state index in [0.717, 1.165) is 32.3 Å². The Kier molecular flexibility index (Phi) is 5.62. The normalized spacial score (nSPS) is 12.7. The number of carbonyl (C=O) groups is 1. The fraction of sp³-hybridized carbons (Fsp3) is 0.222.